The van der Waals surface area contributed by atoms with Crippen molar-refractivity contribution >= 4 is 15.9 Å². The van der Waals surface area contributed by atoms with Crippen molar-refractivity contribution in [3.05, 3.63) is 33.8 Å². The number of aliphatic hydroxyl groups is 1. The summed E-state index contributed by atoms with van der Waals surface area (Å²) < 4.78 is 1.11. The molecular formula is C13H17BrO. The van der Waals surface area contributed by atoms with E-state index in [9.17, 15) is 5.11 Å². The first-order valence-electron chi connectivity index (χ1n) is 5.50. The summed E-state index contributed by atoms with van der Waals surface area (Å²) in [7, 11) is 0. The van der Waals surface area contributed by atoms with E-state index in [-0.39, 0.29) is 0 Å². The summed E-state index contributed by atoms with van der Waals surface area (Å²) in [5.74, 6) is 0.638. The summed E-state index contributed by atoms with van der Waals surface area (Å²) in [5.41, 5.74) is 1.69. The van der Waals surface area contributed by atoms with Gasteiger partial charge in [-0.3, -0.25) is 0 Å². The Kier molecular flexibility index (Phi) is 2.91. The summed E-state index contributed by atoms with van der Waals surface area (Å²) in [4.78, 5) is 0. The van der Waals surface area contributed by atoms with E-state index in [1.165, 1.54) is 5.56 Å². The second kappa shape index (κ2) is 3.91. The van der Waals surface area contributed by atoms with Gasteiger partial charge in [-0.2, -0.15) is 0 Å². The standard InChI is InChI=1S/C13H17BrO/c1-9-5-6-13(15,8-9)11-3-4-12(14)10(2)7-11/h3-4,7,9,15H,5-6,8H2,1-2H3/t9-,13+/m0/s1. The molecule has 0 amide bonds. The number of hydrogen-bond donors (Lipinski definition) is 1. The van der Waals surface area contributed by atoms with Gasteiger partial charge in [-0.25, -0.2) is 0 Å². The number of benzene rings is 1. The van der Waals surface area contributed by atoms with Crippen LogP contribution in [0.3, 0.4) is 0 Å². The molecule has 2 rings (SSSR count). The molecule has 2 atom stereocenters. The van der Waals surface area contributed by atoms with Crippen LogP contribution in [0.1, 0.15) is 37.3 Å². The highest BCUT2D eigenvalue weighted by atomic mass is 79.9. The largest absolute Gasteiger partial charge is 0.385 e. The van der Waals surface area contributed by atoms with Crippen LogP contribution in [-0.4, -0.2) is 5.11 Å². The van der Waals surface area contributed by atoms with E-state index in [1.807, 2.05) is 12.1 Å². The van der Waals surface area contributed by atoms with Crippen molar-refractivity contribution in [2.24, 2.45) is 5.92 Å². The van der Waals surface area contributed by atoms with Crippen molar-refractivity contribution in [2.45, 2.75) is 38.7 Å². The first kappa shape index (κ1) is 11.2. The molecule has 1 aliphatic rings. The molecule has 0 unspecified atom stereocenters. The van der Waals surface area contributed by atoms with Crippen molar-refractivity contribution < 1.29 is 5.11 Å². The van der Waals surface area contributed by atoms with Crippen molar-refractivity contribution in [2.75, 3.05) is 0 Å². The molecular weight excluding hydrogens is 252 g/mol. The fourth-order valence-electron chi connectivity index (χ4n) is 2.46. The summed E-state index contributed by atoms with van der Waals surface area (Å²) in [6.07, 6.45) is 2.93. The van der Waals surface area contributed by atoms with Crippen LogP contribution in [0.15, 0.2) is 22.7 Å². The maximum absolute atomic E-state index is 10.5. The smallest absolute Gasteiger partial charge is 0.0899 e. The lowest BCUT2D eigenvalue weighted by molar-refractivity contribution is 0.0407. The van der Waals surface area contributed by atoms with Gasteiger partial charge in [0.15, 0.2) is 0 Å². The van der Waals surface area contributed by atoms with E-state index >= 15 is 0 Å². The molecule has 0 saturated heterocycles. The van der Waals surface area contributed by atoms with Gasteiger partial charge in [0.1, 0.15) is 0 Å². The molecule has 1 N–H and O–H groups in total. The predicted octanol–water partition coefficient (Wildman–Crippen LogP) is 3.77. The highest BCUT2D eigenvalue weighted by Gasteiger charge is 2.36. The molecule has 82 valence electrons. The monoisotopic (exact) mass is 268 g/mol. The van der Waals surface area contributed by atoms with E-state index in [0.29, 0.717) is 5.92 Å². The Morgan fingerprint density at radius 3 is 2.73 bits per heavy atom. The molecule has 0 aliphatic heterocycles. The maximum atomic E-state index is 10.5. The molecule has 1 aliphatic carbocycles. The van der Waals surface area contributed by atoms with Gasteiger partial charge >= 0.3 is 0 Å². The zero-order valence-corrected chi connectivity index (χ0v) is 10.8. The van der Waals surface area contributed by atoms with Crippen LogP contribution in [0.2, 0.25) is 0 Å². The van der Waals surface area contributed by atoms with Crippen molar-refractivity contribution in [1.82, 2.24) is 0 Å². The van der Waals surface area contributed by atoms with Gasteiger partial charge in [0.05, 0.1) is 5.60 Å². The zero-order chi connectivity index (χ0) is 11.1. The fraction of sp³-hybridized carbons (Fsp3) is 0.538. The fourth-order valence-corrected chi connectivity index (χ4v) is 2.71. The second-order valence-corrected chi connectivity index (χ2v) is 5.70. The first-order valence-corrected chi connectivity index (χ1v) is 6.29. The molecule has 1 aromatic carbocycles. The van der Waals surface area contributed by atoms with Gasteiger partial charge in [0.25, 0.3) is 0 Å². The molecule has 1 aromatic rings. The average molecular weight is 269 g/mol. The minimum atomic E-state index is -0.578. The Balaban J connectivity index is 2.33. The van der Waals surface area contributed by atoms with Gasteiger partial charge in [0.2, 0.25) is 0 Å². The van der Waals surface area contributed by atoms with Gasteiger partial charge in [0, 0.05) is 4.47 Å². The van der Waals surface area contributed by atoms with E-state index in [1.54, 1.807) is 0 Å². The molecule has 0 spiro atoms. The van der Waals surface area contributed by atoms with E-state index in [4.69, 9.17) is 0 Å². The van der Waals surface area contributed by atoms with Crippen molar-refractivity contribution in [1.29, 1.82) is 0 Å². The van der Waals surface area contributed by atoms with E-state index in [2.05, 4.69) is 35.8 Å². The van der Waals surface area contributed by atoms with Gasteiger partial charge in [-0.1, -0.05) is 35.0 Å². The molecule has 15 heavy (non-hydrogen) atoms. The lowest BCUT2D eigenvalue weighted by atomic mass is 9.90. The SMILES string of the molecule is Cc1cc([C@@]2(O)CC[C@H](C)C2)ccc1Br. The van der Waals surface area contributed by atoms with Crippen LogP contribution in [0.5, 0.6) is 0 Å². The summed E-state index contributed by atoms with van der Waals surface area (Å²) in [5, 5.41) is 10.5. The highest BCUT2D eigenvalue weighted by molar-refractivity contribution is 9.10. The predicted molar refractivity (Wildman–Crippen MR) is 65.8 cm³/mol. The minimum Gasteiger partial charge on any atom is -0.385 e. The van der Waals surface area contributed by atoms with Gasteiger partial charge in [-0.15, -0.1) is 0 Å². The summed E-state index contributed by atoms with van der Waals surface area (Å²) in [6.45, 7) is 4.28. The first-order chi connectivity index (χ1) is 7.01. The molecule has 1 fully saturated rings. The highest BCUT2D eigenvalue weighted by Crippen LogP contribution is 2.42. The number of halogens is 1. The topological polar surface area (TPSA) is 20.2 Å². The summed E-state index contributed by atoms with van der Waals surface area (Å²) in [6, 6.07) is 6.17. The Labute approximate surface area is 99.6 Å². The minimum absolute atomic E-state index is 0.578. The Bertz CT molecular complexity index is 375. The van der Waals surface area contributed by atoms with Crippen LogP contribution in [-0.2, 0) is 5.60 Å². The van der Waals surface area contributed by atoms with Crippen molar-refractivity contribution in [3.8, 4) is 0 Å². The molecule has 1 saturated carbocycles. The number of aryl methyl sites for hydroxylation is 1. The van der Waals surface area contributed by atoms with Gasteiger partial charge in [-0.05, 0) is 49.3 Å². The molecule has 0 radical (unpaired) electrons. The average Bonchev–Trinajstić information content (AvgIpc) is 2.52. The number of rotatable bonds is 1. The third kappa shape index (κ3) is 2.11. The normalized spacial score (nSPS) is 30.8. The molecule has 0 aromatic heterocycles. The molecule has 2 heteroatoms. The quantitative estimate of drug-likeness (QED) is 0.822. The van der Waals surface area contributed by atoms with E-state index in [0.717, 1.165) is 29.3 Å². The second-order valence-electron chi connectivity index (χ2n) is 4.84. The third-order valence-corrected chi connectivity index (χ3v) is 4.32. The van der Waals surface area contributed by atoms with Crippen LogP contribution < -0.4 is 0 Å². The van der Waals surface area contributed by atoms with Crippen molar-refractivity contribution in [3.63, 3.8) is 0 Å². The van der Waals surface area contributed by atoms with Crippen LogP contribution in [0.4, 0.5) is 0 Å². The molecule has 1 nitrogen and oxygen atoms in total. The third-order valence-electron chi connectivity index (χ3n) is 3.43. The van der Waals surface area contributed by atoms with Crippen LogP contribution in [0.25, 0.3) is 0 Å². The molecule has 0 bridgehead atoms. The lowest BCUT2D eigenvalue weighted by Crippen LogP contribution is -2.21. The Morgan fingerprint density at radius 1 is 1.47 bits per heavy atom. The van der Waals surface area contributed by atoms with Crippen LogP contribution >= 0.6 is 15.9 Å². The lowest BCUT2D eigenvalue weighted by Gasteiger charge is -2.23. The van der Waals surface area contributed by atoms with E-state index < -0.39 is 5.60 Å². The Morgan fingerprint density at radius 2 is 2.20 bits per heavy atom. The van der Waals surface area contributed by atoms with Gasteiger partial charge < -0.3 is 5.11 Å². The zero-order valence-electron chi connectivity index (χ0n) is 9.26. The number of hydrogen-bond acceptors (Lipinski definition) is 1. The van der Waals surface area contributed by atoms with Crippen LogP contribution in [0, 0.1) is 12.8 Å². The molecule has 0 heterocycles. The summed E-state index contributed by atoms with van der Waals surface area (Å²) >= 11 is 3.49. The Hall–Kier alpha value is -0.340. The maximum Gasteiger partial charge on any atom is 0.0899 e.